The molecular formula is C10H28N4Si. The molecule has 92 valence electrons. The van der Waals surface area contributed by atoms with E-state index in [1.54, 1.807) is 0 Å². The second-order valence-corrected chi connectivity index (χ2v) is 9.00. The summed E-state index contributed by atoms with van der Waals surface area (Å²) in [5.41, 5.74) is 0.160. The molecule has 0 atom stereocenters. The molecule has 0 fully saturated rings. The van der Waals surface area contributed by atoms with Gasteiger partial charge < -0.3 is 9.96 Å². The monoisotopic (exact) mass is 232 g/mol. The van der Waals surface area contributed by atoms with Crippen LogP contribution in [0, 0.1) is 0 Å². The zero-order valence-electron chi connectivity index (χ0n) is 11.5. The first-order valence-electron chi connectivity index (χ1n) is 5.50. The molecular weight excluding hydrogens is 204 g/mol. The molecule has 0 aliphatic rings. The maximum absolute atomic E-state index is 3.63. The van der Waals surface area contributed by atoms with Gasteiger partial charge in [-0.3, -0.25) is 9.96 Å². The normalized spacial score (nSPS) is 14.4. The van der Waals surface area contributed by atoms with Crippen LogP contribution in [-0.2, 0) is 0 Å². The molecule has 0 aromatic rings. The van der Waals surface area contributed by atoms with E-state index in [1.807, 2.05) is 14.1 Å². The van der Waals surface area contributed by atoms with E-state index in [9.17, 15) is 0 Å². The molecule has 0 aliphatic carbocycles. The highest BCUT2D eigenvalue weighted by Crippen LogP contribution is 2.06. The van der Waals surface area contributed by atoms with Crippen LogP contribution in [0.4, 0.5) is 0 Å². The Balaban J connectivity index is 4.74. The fraction of sp³-hybridized carbons (Fsp3) is 1.00. The van der Waals surface area contributed by atoms with E-state index in [-0.39, 0.29) is 11.1 Å². The molecule has 0 aromatic carbocycles. The number of rotatable bonds is 4. The molecule has 0 heterocycles. The topological polar surface area (TPSA) is 48.1 Å². The molecule has 5 heteroatoms. The smallest absolute Gasteiger partial charge is 0.303 e. The van der Waals surface area contributed by atoms with Gasteiger partial charge in [-0.05, 0) is 55.6 Å². The van der Waals surface area contributed by atoms with Gasteiger partial charge in [0.15, 0.2) is 0 Å². The van der Waals surface area contributed by atoms with E-state index in [0.29, 0.717) is 0 Å². The van der Waals surface area contributed by atoms with Crippen molar-refractivity contribution in [1.82, 2.24) is 19.9 Å². The van der Waals surface area contributed by atoms with Gasteiger partial charge in [-0.1, -0.05) is 0 Å². The zero-order chi connectivity index (χ0) is 12.3. The van der Waals surface area contributed by atoms with Gasteiger partial charge in [0, 0.05) is 11.1 Å². The molecule has 0 aliphatic heterocycles. The average Bonchev–Trinajstić information content (AvgIpc) is 1.98. The largest absolute Gasteiger partial charge is 0.366 e. The quantitative estimate of drug-likeness (QED) is 0.537. The summed E-state index contributed by atoms with van der Waals surface area (Å²) in [6.07, 6.45) is 0. The third kappa shape index (κ3) is 6.27. The molecule has 0 aromatic heterocycles. The molecule has 0 spiro atoms. The van der Waals surface area contributed by atoms with Gasteiger partial charge in [0.05, 0.1) is 0 Å². The van der Waals surface area contributed by atoms with Gasteiger partial charge >= 0.3 is 8.72 Å². The first-order chi connectivity index (χ1) is 6.54. The van der Waals surface area contributed by atoms with Crippen molar-refractivity contribution in [3.63, 3.8) is 0 Å². The molecule has 0 unspecified atom stereocenters. The summed E-state index contributed by atoms with van der Waals surface area (Å²) in [4.78, 5) is 14.0. The summed E-state index contributed by atoms with van der Waals surface area (Å²) in [7, 11) is 1.96. The van der Waals surface area contributed by atoms with Crippen molar-refractivity contribution in [2.24, 2.45) is 0 Å². The first kappa shape index (κ1) is 15.1. The van der Waals surface area contributed by atoms with Crippen molar-refractivity contribution in [1.29, 1.82) is 0 Å². The number of hydrogen-bond donors (Lipinski definition) is 4. The second kappa shape index (κ2) is 4.93. The van der Waals surface area contributed by atoms with Crippen LogP contribution < -0.4 is 19.9 Å². The van der Waals surface area contributed by atoms with Crippen LogP contribution >= 0.6 is 0 Å². The highest BCUT2D eigenvalue weighted by Gasteiger charge is 2.38. The summed E-state index contributed by atoms with van der Waals surface area (Å²) in [5, 5.41) is 0. The Morgan fingerprint density at radius 2 is 0.933 bits per heavy atom. The zero-order valence-corrected chi connectivity index (χ0v) is 12.5. The van der Waals surface area contributed by atoms with Crippen LogP contribution in [0.5, 0.6) is 0 Å². The highest BCUT2D eigenvalue weighted by molar-refractivity contribution is 6.70. The van der Waals surface area contributed by atoms with Gasteiger partial charge in [-0.15, -0.1) is 0 Å². The van der Waals surface area contributed by atoms with Gasteiger partial charge in [-0.25, -0.2) is 0 Å². The Bertz CT molecular complexity index is 171. The van der Waals surface area contributed by atoms with E-state index in [0.717, 1.165) is 0 Å². The lowest BCUT2D eigenvalue weighted by molar-refractivity contribution is 0.445. The standard InChI is InChI=1S/C10H28N4Si/c1-9(2,3)13-15(11-7,12-8)14-10(4,5)6/h11-14H,1-8H3. The molecule has 0 bridgehead atoms. The molecule has 0 saturated carbocycles. The minimum Gasteiger partial charge on any atom is -0.303 e. The maximum atomic E-state index is 3.63. The molecule has 15 heavy (non-hydrogen) atoms. The summed E-state index contributed by atoms with van der Waals surface area (Å²) < 4.78 is 0. The van der Waals surface area contributed by atoms with Crippen molar-refractivity contribution in [2.75, 3.05) is 14.1 Å². The predicted octanol–water partition coefficient (Wildman–Crippen LogP) is 0.637. The summed E-state index contributed by atoms with van der Waals surface area (Å²) >= 11 is 0. The molecule has 4 nitrogen and oxygen atoms in total. The molecule has 0 saturated heterocycles. The van der Waals surface area contributed by atoms with Crippen LogP contribution in [0.25, 0.3) is 0 Å². The van der Waals surface area contributed by atoms with Gasteiger partial charge in [0.1, 0.15) is 0 Å². The Hall–Kier alpha value is 0.0569. The maximum Gasteiger partial charge on any atom is 0.366 e. The Kier molecular flexibility index (Phi) is 4.94. The minimum atomic E-state index is -2.01. The lowest BCUT2D eigenvalue weighted by atomic mass is 10.1. The van der Waals surface area contributed by atoms with Crippen molar-refractivity contribution < 1.29 is 0 Å². The number of hydrogen-bond acceptors (Lipinski definition) is 4. The lowest BCUT2D eigenvalue weighted by Crippen LogP contribution is -2.84. The third-order valence-electron chi connectivity index (χ3n) is 1.88. The lowest BCUT2D eigenvalue weighted by Gasteiger charge is -2.41. The van der Waals surface area contributed by atoms with Gasteiger partial charge in [0.25, 0.3) is 0 Å². The predicted molar refractivity (Wildman–Crippen MR) is 69.7 cm³/mol. The van der Waals surface area contributed by atoms with Crippen molar-refractivity contribution >= 4 is 8.72 Å². The van der Waals surface area contributed by atoms with Crippen molar-refractivity contribution in [3.8, 4) is 0 Å². The molecule has 0 radical (unpaired) electrons. The Labute approximate surface area is 95.9 Å². The summed E-state index contributed by atoms with van der Waals surface area (Å²) in [6.45, 7) is 13.0. The minimum absolute atomic E-state index is 0.0799. The van der Waals surface area contributed by atoms with Crippen LogP contribution in [0.3, 0.4) is 0 Å². The van der Waals surface area contributed by atoms with E-state index < -0.39 is 8.72 Å². The van der Waals surface area contributed by atoms with E-state index in [4.69, 9.17) is 0 Å². The van der Waals surface area contributed by atoms with Crippen LogP contribution in [0.15, 0.2) is 0 Å². The first-order valence-corrected chi connectivity index (χ1v) is 7.50. The molecule has 0 amide bonds. The van der Waals surface area contributed by atoms with Gasteiger partial charge in [0.2, 0.25) is 0 Å². The fourth-order valence-corrected chi connectivity index (χ4v) is 4.59. The Morgan fingerprint density at radius 3 is 1.07 bits per heavy atom. The van der Waals surface area contributed by atoms with Crippen LogP contribution in [0.2, 0.25) is 0 Å². The van der Waals surface area contributed by atoms with Crippen molar-refractivity contribution in [2.45, 2.75) is 52.6 Å². The summed E-state index contributed by atoms with van der Waals surface area (Å²) in [5.74, 6) is 0. The van der Waals surface area contributed by atoms with Crippen LogP contribution in [0.1, 0.15) is 41.5 Å². The summed E-state index contributed by atoms with van der Waals surface area (Å²) in [6, 6.07) is 0. The van der Waals surface area contributed by atoms with E-state index >= 15 is 0 Å². The van der Waals surface area contributed by atoms with E-state index in [2.05, 4.69) is 61.5 Å². The SMILES string of the molecule is CN[Si](NC)(NC(C)(C)C)NC(C)(C)C. The fourth-order valence-electron chi connectivity index (χ4n) is 1.53. The number of nitrogens with one attached hydrogen (secondary N) is 4. The highest BCUT2D eigenvalue weighted by atomic mass is 28.4. The average molecular weight is 232 g/mol. The van der Waals surface area contributed by atoms with Crippen LogP contribution in [-0.4, -0.2) is 33.9 Å². The third-order valence-corrected chi connectivity index (χ3v) is 5.62. The molecule has 4 N–H and O–H groups in total. The second-order valence-electron chi connectivity index (χ2n) is 6.00. The van der Waals surface area contributed by atoms with Crippen molar-refractivity contribution in [3.05, 3.63) is 0 Å². The molecule has 0 rings (SSSR count). The van der Waals surface area contributed by atoms with E-state index in [1.165, 1.54) is 0 Å². The Morgan fingerprint density at radius 1 is 0.667 bits per heavy atom. The van der Waals surface area contributed by atoms with Gasteiger partial charge in [-0.2, -0.15) is 0 Å².